The Kier molecular flexibility index (Phi) is 4.53. The number of benzene rings is 1. The largest absolute Gasteiger partial charge is 0.370 e. The minimum Gasteiger partial charge on any atom is -0.370 e. The minimum atomic E-state index is 0.0777. The van der Waals surface area contributed by atoms with Gasteiger partial charge in [0.05, 0.1) is 0 Å². The molecule has 0 radical (unpaired) electrons. The van der Waals surface area contributed by atoms with E-state index in [-0.39, 0.29) is 22.7 Å². The first-order chi connectivity index (χ1) is 12.7. The van der Waals surface area contributed by atoms with Crippen LogP contribution in [0.4, 0.5) is 11.4 Å². The second-order valence-electron chi connectivity index (χ2n) is 10.0. The van der Waals surface area contributed by atoms with Crippen LogP contribution in [0.25, 0.3) is 0 Å². The first-order valence-corrected chi connectivity index (χ1v) is 10.6. The van der Waals surface area contributed by atoms with Crippen molar-refractivity contribution in [3.63, 3.8) is 0 Å². The van der Waals surface area contributed by atoms with Crippen LogP contribution in [0.2, 0.25) is 0 Å². The zero-order valence-electron chi connectivity index (χ0n) is 17.6. The number of nitrogens with one attached hydrogen (secondary N) is 1. The molecule has 1 aromatic rings. The van der Waals surface area contributed by atoms with Crippen molar-refractivity contribution in [2.75, 3.05) is 29.9 Å². The Morgan fingerprint density at radius 3 is 2.26 bits per heavy atom. The van der Waals surface area contributed by atoms with E-state index in [9.17, 15) is 4.79 Å². The summed E-state index contributed by atoms with van der Waals surface area (Å²) in [6, 6.07) is 9.87. The van der Waals surface area contributed by atoms with E-state index in [0.717, 1.165) is 24.8 Å². The number of carbonyl (C=O) groups is 1. The lowest BCUT2D eigenvalue weighted by molar-refractivity contribution is -0.118. The highest BCUT2D eigenvalue weighted by molar-refractivity contribution is 5.96. The predicted molar refractivity (Wildman–Crippen MR) is 112 cm³/mol. The van der Waals surface area contributed by atoms with Crippen LogP contribution in [0.5, 0.6) is 0 Å². The first kappa shape index (κ1) is 18.8. The molecule has 2 saturated heterocycles. The zero-order chi connectivity index (χ0) is 19.4. The van der Waals surface area contributed by atoms with Crippen molar-refractivity contribution in [1.29, 1.82) is 0 Å². The van der Waals surface area contributed by atoms with Crippen molar-refractivity contribution < 1.29 is 4.79 Å². The molecule has 4 rings (SSSR count). The van der Waals surface area contributed by atoms with Gasteiger partial charge in [-0.2, -0.15) is 0 Å². The van der Waals surface area contributed by atoms with Gasteiger partial charge in [-0.15, -0.1) is 0 Å². The third kappa shape index (κ3) is 3.16. The van der Waals surface area contributed by atoms with Gasteiger partial charge in [0, 0.05) is 42.5 Å². The molecule has 0 spiro atoms. The molecule has 2 aliphatic heterocycles. The van der Waals surface area contributed by atoms with Gasteiger partial charge in [0.2, 0.25) is 5.91 Å². The fourth-order valence-corrected chi connectivity index (χ4v) is 5.57. The van der Waals surface area contributed by atoms with E-state index in [1.807, 2.05) is 0 Å². The molecule has 4 nitrogen and oxygen atoms in total. The summed E-state index contributed by atoms with van der Waals surface area (Å²) in [6.45, 7) is 14.6. The topological polar surface area (TPSA) is 35.6 Å². The van der Waals surface area contributed by atoms with E-state index >= 15 is 0 Å². The maximum absolute atomic E-state index is 12.6. The highest BCUT2D eigenvalue weighted by atomic mass is 16.2. The molecule has 1 aromatic carbocycles. The van der Waals surface area contributed by atoms with Crippen LogP contribution in [-0.2, 0) is 4.79 Å². The highest BCUT2D eigenvalue weighted by Crippen LogP contribution is 2.68. The average molecular weight is 370 g/mol. The second-order valence-corrected chi connectivity index (χ2v) is 10.0. The van der Waals surface area contributed by atoms with Crippen LogP contribution >= 0.6 is 0 Å². The van der Waals surface area contributed by atoms with E-state index in [1.165, 1.54) is 31.5 Å². The van der Waals surface area contributed by atoms with Crippen molar-refractivity contribution in [3.05, 3.63) is 24.3 Å². The summed E-state index contributed by atoms with van der Waals surface area (Å²) in [7, 11) is 0. The molecule has 2 unspecified atom stereocenters. The molecule has 2 atom stereocenters. The Balaban J connectivity index is 1.35. The van der Waals surface area contributed by atoms with Crippen molar-refractivity contribution in [1.82, 2.24) is 4.90 Å². The van der Waals surface area contributed by atoms with Crippen molar-refractivity contribution >= 4 is 17.3 Å². The number of rotatable bonds is 4. The third-order valence-electron chi connectivity index (χ3n) is 8.02. The Morgan fingerprint density at radius 1 is 1.04 bits per heavy atom. The molecule has 1 saturated carbocycles. The molecule has 27 heavy (non-hydrogen) atoms. The van der Waals surface area contributed by atoms with Crippen molar-refractivity contribution in [2.24, 2.45) is 16.7 Å². The minimum absolute atomic E-state index is 0.0777. The van der Waals surface area contributed by atoms with Crippen LogP contribution in [-0.4, -0.2) is 42.5 Å². The summed E-state index contributed by atoms with van der Waals surface area (Å²) < 4.78 is 0. The summed E-state index contributed by atoms with van der Waals surface area (Å²) in [6.07, 6.45) is 3.95. The first-order valence-electron chi connectivity index (χ1n) is 10.6. The summed E-state index contributed by atoms with van der Waals surface area (Å²) in [5.41, 5.74) is 2.34. The smallest absolute Gasteiger partial charge is 0.228 e. The van der Waals surface area contributed by atoms with Gasteiger partial charge in [-0.1, -0.05) is 27.7 Å². The maximum Gasteiger partial charge on any atom is 0.228 e. The lowest BCUT2D eigenvalue weighted by Gasteiger charge is -2.28. The molecular formula is C23H35N3O. The van der Waals surface area contributed by atoms with Gasteiger partial charge in [-0.05, 0) is 67.8 Å². The van der Waals surface area contributed by atoms with Gasteiger partial charge in [-0.3, -0.25) is 9.69 Å². The third-order valence-corrected chi connectivity index (χ3v) is 8.02. The predicted octanol–water partition coefficient (Wildman–Crippen LogP) is 4.37. The fourth-order valence-electron chi connectivity index (χ4n) is 5.57. The molecule has 1 aliphatic carbocycles. The number of nitrogens with zero attached hydrogens (tertiary/aromatic N) is 2. The van der Waals surface area contributed by atoms with E-state index < -0.39 is 0 Å². The molecule has 3 fully saturated rings. The van der Waals surface area contributed by atoms with Crippen LogP contribution in [0.1, 0.15) is 53.9 Å². The molecular weight excluding hydrogens is 334 g/mol. The van der Waals surface area contributed by atoms with E-state index in [2.05, 4.69) is 74.0 Å². The van der Waals surface area contributed by atoms with Crippen LogP contribution in [0.3, 0.4) is 0 Å². The quantitative estimate of drug-likeness (QED) is 0.856. The van der Waals surface area contributed by atoms with Gasteiger partial charge in [0.25, 0.3) is 0 Å². The van der Waals surface area contributed by atoms with Crippen LogP contribution in [0.15, 0.2) is 24.3 Å². The van der Waals surface area contributed by atoms with Gasteiger partial charge < -0.3 is 10.2 Å². The molecule has 1 amide bonds. The molecule has 0 bridgehead atoms. The van der Waals surface area contributed by atoms with Crippen LogP contribution in [0, 0.1) is 16.7 Å². The monoisotopic (exact) mass is 369 g/mol. The summed E-state index contributed by atoms with van der Waals surface area (Å²) in [4.78, 5) is 17.8. The molecule has 3 aliphatic rings. The lowest BCUT2D eigenvalue weighted by Crippen LogP contribution is -2.39. The highest BCUT2D eigenvalue weighted by Gasteiger charge is 2.68. The molecule has 2 heterocycles. The SMILES string of the molecule is CC1CCCN1C1CCN(c2ccc(NC(=O)C3C(C)(C)C3(C)C)cc2)C1. The lowest BCUT2D eigenvalue weighted by atomic mass is 10.0. The van der Waals surface area contributed by atoms with Gasteiger partial charge in [0.1, 0.15) is 0 Å². The number of amides is 1. The fraction of sp³-hybridized carbons (Fsp3) is 0.696. The zero-order valence-corrected chi connectivity index (χ0v) is 17.6. The van der Waals surface area contributed by atoms with E-state index in [1.54, 1.807) is 0 Å². The summed E-state index contributed by atoms with van der Waals surface area (Å²) in [5, 5.41) is 3.13. The Labute approximate surface area is 164 Å². The summed E-state index contributed by atoms with van der Waals surface area (Å²) >= 11 is 0. The average Bonchev–Trinajstić information content (AvgIpc) is 3.07. The summed E-state index contributed by atoms with van der Waals surface area (Å²) in [5.74, 6) is 0.244. The van der Waals surface area contributed by atoms with Crippen molar-refractivity contribution in [2.45, 2.75) is 66.0 Å². The Bertz CT molecular complexity index is 695. The molecule has 0 aromatic heterocycles. The Morgan fingerprint density at radius 2 is 1.70 bits per heavy atom. The number of anilines is 2. The molecule has 148 valence electrons. The van der Waals surface area contributed by atoms with E-state index in [0.29, 0.717) is 6.04 Å². The standard InChI is InChI=1S/C23H35N3O/c1-16-7-6-13-26(16)19-12-14-25(15-19)18-10-8-17(9-11-18)24-21(27)20-22(2,3)23(20,4)5/h8-11,16,19-20H,6-7,12-15H2,1-5H3,(H,24,27). The van der Waals surface area contributed by atoms with Gasteiger partial charge in [-0.25, -0.2) is 0 Å². The molecule has 4 heteroatoms. The molecule has 1 N–H and O–H groups in total. The number of hydrogen-bond acceptors (Lipinski definition) is 3. The normalized spacial score (nSPS) is 29.9. The van der Waals surface area contributed by atoms with Crippen LogP contribution < -0.4 is 10.2 Å². The Hall–Kier alpha value is -1.55. The van der Waals surface area contributed by atoms with Gasteiger partial charge >= 0.3 is 0 Å². The number of carbonyl (C=O) groups excluding carboxylic acids is 1. The maximum atomic E-state index is 12.6. The number of likely N-dealkylation sites (tertiary alicyclic amines) is 1. The second kappa shape index (κ2) is 6.51. The van der Waals surface area contributed by atoms with Gasteiger partial charge in [0.15, 0.2) is 0 Å². The van der Waals surface area contributed by atoms with E-state index in [4.69, 9.17) is 0 Å². The van der Waals surface area contributed by atoms with Crippen molar-refractivity contribution in [3.8, 4) is 0 Å². The number of hydrogen-bond donors (Lipinski definition) is 1.